The predicted molar refractivity (Wildman–Crippen MR) is 113 cm³/mol. The summed E-state index contributed by atoms with van der Waals surface area (Å²) in [6, 6.07) is 7.83. The lowest BCUT2D eigenvalue weighted by atomic mass is 9.96. The number of piperazine rings is 1. The zero-order chi connectivity index (χ0) is 20.3. The van der Waals surface area contributed by atoms with Gasteiger partial charge in [-0.1, -0.05) is 26.8 Å². The van der Waals surface area contributed by atoms with Crippen LogP contribution in [-0.4, -0.2) is 52.8 Å². The third-order valence-corrected chi connectivity index (χ3v) is 5.94. The molecule has 0 aliphatic carbocycles. The minimum atomic E-state index is -0.466. The summed E-state index contributed by atoms with van der Waals surface area (Å²) < 4.78 is 0. The largest absolute Gasteiger partial charge is 0.335 e. The summed E-state index contributed by atoms with van der Waals surface area (Å²) in [4.78, 5) is 34.5. The van der Waals surface area contributed by atoms with Gasteiger partial charge in [0.15, 0.2) is 0 Å². The van der Waals surface area contributed by atoms with Crippen LogP contribution < -0.4 is 5.32 Å². The number of nitrogens with zero attached hydrogens (tertiary/aromatic N) is 3. The van der Waals surface area contributed by atoms with Crippen molar-refractivity contribution < 1.29 is 9.59 Å². The molecule has 0 unspecified atom stereocenters. The Morgan fingerprint density at radius 3 is 2.50 bits per heavy atom. The van der Waals surface area contributed by atoms with E-state index in [1.165, 1.54) is 11.3 Å². The van der Waals surface area contributed by atoms with Gasteiger partial charge in [-0.3, -0.25) is 19.5 Å². The van der Waals surface area contributed by atoms with Crippen molar-refractivity contribution in [1.29, 1.82) is 0 Å². The quantitative estimate of drug-likeness (QED) is 0.854. The van der Waals surface area contributed by atoms with Crippen molar-refractivity contribution >= 4 is 28.2 Å². The number of carbonyl (C=O) groups excluding carboxylic acids is 2. The van der Waals surface area contributed by atoms with Crippen LogP contribution in [0.4, 0.5) is 5.00 Å². The number of aryl methyl sites for hydroxylation is 1. The smallest absolute Gasteiger partial charge is 0.264 e. The SMILES string of the molecule is Cc1cc(NC(=O)C(C)(C)C)sc1C(=O)N1CCN(Cc2ccccn2)CC1. The molecular formula is C21H28N4O2S. The summed E-state index contributed by atoms with van der Waals surface area (Å²) in [6.45, 7) is 11.4. The molecule has 2 aromatic rings. The summed E-state index contributed by atoms with van der Waals surface area (Å²) in [5, 5.41) is 3.66. The maximum atomic E-state index is 13.0. The average molecular weight is 401 g/mol. The van der Waals surface area contributed by atoms with Gasteiger partial charge in [-0.2, -0.15) is 0 Å². The van der Waals surface area contributed by atoms with Gasteiger partial charge in [0.05, 0.1) is 15.6 Å². The van der Waals surface area contributed by atoms with E-state index < -0.39 is 5.41 Å². The lowest BCUT2D eigenvalue weighted by molar-refractivity contribution is -0.123. The Kier molecular flexibility index (Phi) is 6.15. The highest BCUT2D eigenvalue weighted by Gasteiger charge is 2.26. The van der Waals surface area contributed by atoms with Crippen LogP contribution in [-0.2, 0) is 11.3 Å². The second kappa shape index (κ2) is 8.41. The Morgan fingerprint density at radius 2 is 1.89 bits per heavy atom. The normalized spacial score (nSPS) is 15.5. The molecule has 7 heteroatoms. The standard InChI is InChI=1S/C21H28N4O2S/c1-15-13-17(23-20(27)21(2,3)4)28-18(15)19(26)25-11-9-24(10-12-25)14-16-7-5-6-8-22-16/h5-8,13H,9-12,14H2,1-4H3,(H,23,27). The van der Waals surface area contributed by atoms with E-state index in [-0.39, 0.29) is 11.8 Å². The number of aromatic nitrogens is 1. The third-order valence-electron chi connectivity index (χ3n) is 4.80. The lowest BCUT2D eigenvalue weighted by Gasteiger charge is -2.34. The number of hydrogen-bond acceptors (Lipinski definition) is 5. The van der Waals surface area contributed by atoms with Crippen LogP contribution in [0, 0.1) is 12.3 Å². The van der Waals surface area contributed by atoms with Gasteiger partial charge in [0, 0.05) is 44.3 Å². The second-order valence-electron chi connectivity index (χ2n) is 8.22. The van der Waals surface area contributed by atoms with Gasteiger partial charge < -0.3 is 10.2 Å². The van der Waals surface area contributed by atoms with Crippen molar-refractivity contribution in [2.75, 3.05) is 31.5 Å². The van der Waals surface area contributed by atoms with Gasteiger partial charge in [0.25, 0.3) is 5.91 Å². The molecule has 1 fully saturated rings. The highest BCUT2D eigenvalue weighted by atomic mass is 32.1. The Bertz CT molecular complexity index is 834. The zero-order valence-corrected chi connectivity index (χ0v) is 17.8. The molecule has 1 aliphatic heterocycles. The molecule has 28 heavy (non-hydrogen) atoms. The molecule has 1 saturated heterocycles. The van der Waals surface area contributed by atoms with E-state index in [2.05, 4.69) is 15.2 Å². The van der Waals surface area contributed by atoms with Crippen molar-refractivity contribution in [2.45, 2.75) is 34.2 Å². The zero-order valence-electron chi connectivity index (χ0n) is 17.0. The molecule has 1 N–H and O–H groups in total. The Morgan fingerprint density at radius 1 is 1.18 bits per heavy atom. The van der Waals surface area contributed by atoms with Crippen LogP contribution in [0.25, 0.3) is 0 Å². The first-order chi connectivity index (χ1) is 13.2. The molecule has 0 bridgehead atoms. The van der Waals surface area contributed by atoms with E-state index >= 15 is 0 Å². The van der Waals surface area contributed by atoms with Crippen LogP contribution in [0.5, 0.6) is 0 Å². The number of nitrogens with one attached hydrogen (secondary N) is 1. The van der Waals surface area contributed by atoms with Gasteiger partial charge in [0.1, 0.15) is 0 Å². The van der Waals surface area contributed by atoms with Crippen molar-refractivity contribution in [3.63, 3.8) is 0 Å². The maximum absolute atomic E-state index is 13.0. The number of carbonyl (C=O) groups is 2. The van der Waals surface area contributed by atoms with E-state index in [4.69, 9.17) is 0 Å². The number of thiophene rings is 1. The lowest BCUT2D eigenvalue weighted by Crippen LogP contribution is -2.48. The fourth-order valence-electron chi connectivity index (χ4n) is 3.03. The van der Waals surface area contributed by atoms with E-state index in [9.17, 15) is 9.59 Å². The molecule has 0 saturated carbocycles. The first-order valence-electron chi connectivity index (χ1n) is 9.57. The highest BCUT2D eigenvalue weighted by molar-refractivity contribution is 7.18. The van der Waals surface area contributed by atoms with Gasteiger partial charge in [-0.15, -0.1) is 11.3 Å². The van der Waals surface area contributed by atoms with E-state index in [1.807, 2.05) is 63.1 Å². The fourth-order valence-corrected chi connectivity index (χ4v) is 4.06. The molecule has 0 radical (unpaired) electrons. The molecule has 0 atom stereocenters. The average Bonchev–Trinajstić information content (AvgIpc) is 3.02. The molecule has 2 aromatic heterocycles. The third kappa shape index (κ3) is 4.97. The topological polar surface area (TPSA) is 65.5 Å². The Balaban J connectivity index is 1.58. The molecule has 3 rings (SSSR count). The van der Waals surface area contributed by atoms with Crippen molar-refractivity contribution in [1.82, 2.24) is 14.8 Å². The molecular weight excluding hydrogens is 372 g/mol. The highest BCUT2D eigenvalue weighted by Crippen LogP contribution is 2.29. The molecule has 2 amide bonds. The summed E-state index contributed by atoms with van der Waals surface area (Å²) in [6.07, 6.45) is 1.81. The number of anilines is 1. The predicted octanol–water partition coefficient (Wildman–Crippen LogP) is 3.39. The second-order valence-corrected chi connectivity index (χ2v) is 9.27. The first-order valence-corrected chi connectivity index (χ1v) is 10.4. The van der Waals surface area contributed by atoms with Crippen molar-refractivity contribution in [2.24, 2.45) is 5.41 Å². The minimum absolute atomic E-state index is 0.0455. The van der Waals surface area contributed by atoms with Crippen molar-refractivity contribution in [3.8, 4) is 0 Å². The van der Waals surface area contributed by atoms with E-state index in [1.54, 1.807) is 0 Å². The molecule has 6 nitrogen and oxygen atoms in total. The maximum Gasteiger partial charge on any atom is 0.264 e. The van der Waals surface area contributed by atoms with Crippen LogP contribution >= 0.6 is 11.3 Å². The van der Waals surface area contributed by atoms with Gasteiger partial charge >= 0.3 is 0 Å². The molecule has 1 aliphatic rings. The van der Waals surface area contributed by atoms with Gasteiger partial charge in [0.2, 0.25) is 5.91 Å². The number of rotatable bonds is 4. The van der Waals surface area contributed by atoms with Crippen LogP contribution in [0.1, 0.15) is 41.7 Å². The van der Waals surface area contributed by atoms with Crippen LogP contribution in [0.2, 0.25) is 0 Å². The fraction of sp³-hybridized carbons (Fsp3) is 0.476. The Hall–Kier alpha value is -2.25. The molecule has 0 spiro atoms. The van der Waals surface area contributed by atoms with E-state index in [0.29, 0.717) is 18.0 Å². The monoisotopic (exact) mass is 400 g/mol. The minimum Gasteiger partial charge on any atom is -0.335 e. The summed E-state index contributed by atoms with van der Waals surface area (Å²) in [7, 11) is 0. The Labute approximate surface area is 170 Å². The first kappa shape index (κ1) is 20.5. The van der Waals surface area contributed by atoms with Gasteiger partial charge in [-0.05, 0) is 30.7 Å². The van der Waals surface area contributed by atoms with E-state index in [0.717, 1.165) is 35.9 Å². The number of pyridine rings is 1. The summed E-state index contributed by atoms with van der Waals surface area (Å²) >= 11 is 1.36. The molecule has 150 valence electrons. The van der Waals surface area contributed by atoms with Crippen molar-refractivity contribution in [3.05, 3.63) is 46.6 Å². The molecule has 3 heterocycles. The number of hydrogen-bond donors (Lipinski definition) is 1. The summed E-state index contributed by atoms with van der Waals surface area (Å²) in [5.74, 6) is 0.00660. The van der Waals surface area contributed by atoms with Crippen LogP contribution in [0.15, 0.2) is 30.5 Å². The van der Waals surface area contributed by atoms with Gasteiger partial charge in [-0.25, -0.2) is 0 Å². The summed E-state index contributed by atoms with van der Waals surface area (Å²) in [5.41, 5.74) is 1.50. The van der Waals surface area contributed by atoms with Crippen LogP contribution in [0.3, 0.4) is 0 Å². The number of amides is 2. The molecule has 0 aromatic carbocycles.